The van der Waals surface area contributed by atoms with E-state index >= 15 is 0 Å². The number of thioether (sulfide) groups is 1. The number of nitrogens with one attached hydrogen (secondary N) is 1. The number of aliphatic imine (C=N–C) groups is 1. The van der Waals surface area contributed by atoms with Gasteiger partial charge in [-0.05, 0) is 40.9 Å². The van der Waals surface area contributed by atoms with E-state index in [-0.39, 0.29) is 16.3 Å². The van der Waals surface area contributed by atoms with Crippen LogP contribution < -0.4 is 5.43 Å². The smallest absolute Gasteiger partial charge is 0.348 e. The Bertz CT molecular complexity index is 948. The standard InChI is InChI=1S/C19H20ClN3O2S3/c1-19(2,3)13-9-12(15(27-13)17(24)25)21-16-14(22-23(4)18(26)28-16)10-5-7-11(20)8-6-10/h5-9,14,22H,1-4H3,(H,24,25)/b21-16-. The predicted molar refractivity (Wildman–Crippen MR) is 122 cm³/mol. The molecule has 0 aliphatic carbocycles. The molecule has 1 aromatic heterocycles. The van der Waals surface area contributed by atoms with Gasteiger partial charge in [-0.15, -0.1) is 11.3 Å². The molecule has 1 unspecified atom stereocenters. The van der Waals surface area contributed by atoms with Crippen molar-refractivity contribution in [3.8, 4) is 0 Å². The van der Waals surface area contributed by atoms with Gasteiger partial charge in [-0.2, -0.15) is 0 Å². The summed E-state index contributed by atoms with van der Waals surface area (Å²) >= 11 is 14.0. The number of hydrogen-bond acceptors (Lipinski definition) is 6. The summed E-state index contributed by atoms with van der Waals surface area (Å²) in [6, 6.07) is 9.09. The second kappa shape index (κ2) is 8.12. The molecule has 5 nitrogen and oxygen atoms in total. The summed E-state index contributed by atoms with van der Waals surface area (Å²) in [5.41, 5.74) is 4.58. The van der Waals surface area contributed by atoms with Crippen LogP contribution in [0.4, 0.5) is 5.69 Å². The van der Waals surface area contributed by atoms with E-state index in [1.54, 1.807) is 5.01 Å². The van der Waals surface area contributed by atoms with Crippen LogP contribution in [0.1, 0.15) is 46.9 Å². The minimum atomic E-state index is -0.976. The highest BCUT2D eigenvalue weighted by atomic mass is 35.5. The number of benzene rings is 1. The van der Waals surface area contributed by atoms with Crippen LogP contribution in [-0.2, 0) is 5.41 Å². The Morgan fingerprint density at radius 1 is 1.32 bits per heavy atom. The summed E-state index contributed by atoms with van der Waals surface area (Å²) in [7, 11) is 1.85. The van der Waals surface area contributed by atoms with E-state index in [4.69, 9.17) is 28.8 Å². The number of aromatic carboxylic acids is 1. The van der Waals surface area contributed by atoms with Crippen molar-refractivity contribution in [2.75, 3.05) is 7.05 Å². The van der Waals surface area contributed by atoms with Crippen LogP contribution in [0.2, 0.25) is 5.02 Å². The maximum atomic E-state index is 11.8. The summed E-state index contributed by atoms with van der Waals surface area (Å²) in [6.07, 6.45) is 0. The normalized spacial score (nSPS) is 19.3. The number of thiocarbonyl (C=S) groups is 1. The number of carbonyl (C=O) groups is 1. The molecule has 1 aliphatic heterocycles. The molecule has 2 heterocycles. The average molecular weight is 454 g/mol. The SMILES string of the molecule is CN1NC(c2ccc(Cl)cc2)/C(=N/c2cc(C(C)(C)C)sc2C(=O)O)SC1=S. The van der Waals surface area contributed by atoms with Crippen molar-refractivity contribution in [1.29, 1.82) is 0 Å². The lowest BCUT2D eigenvalue weighted by Gasteiger charge is -2.33. The summed E-state index contributed by atoms with van der Waals surface area (Å²) in [5.74, 6) is -0.976. The number of carboxylic acid groups (broad SMARTS) is 1. The van der Waals surface area contributed by atoms with Crippen molar-refractivity contribution in [1.82, 2.24) is 10.4 Å². The van der Waals surface area contributed by atoms with Crippen molar-refractivity contribution in [2.24, 2.45) is 4.99 Å². The first kappa shape index (κ1) is 21.3. The van der Waals surface area contributed by atoms with Gasteiger partial charge in [0.05, 0.1) is 11.7 Å². The first-order chi connectivity index (χ1) is 13.1. The van der Waals surface area contributed by atoms with Crippen molar-refractivity contribution >= 4 is 67.9 Å². The quantitative estimate of drug-likeness (QED) is 0.586. The Morgan fingerprint density at radius 3 is 2.54 bits per heavy atom. The highest BCUT2D eigenvalue weighted by Gasteiger charge is 2.30. The fourth-order valence-corrected chi connectivity index (χ4v) is 4.83. The Kier molecular flexibility index (Phi) is 6.17. The molecule has 2 aromatic rings. The van der Waals surface area contributed by atoms with Gasteiger partial charge < -0.3 is 5.11 Å². The number of hydrogen-bond donors (Lipinski definition) is 2. The topological polar surface area (TPSA) is 64.9 Å². The fourth-order valence-electron chi connectivity index (χ4n) is 2.58. The van der Waals surface area contributed by atoms with E-state index in [0.717, 1.165) is 10.4 Å². The van der Waals surface area contributed by atoms with E-state index in [9.17, 15) is 9.90 Å². The highest BCUT2D eigenvalue weighted by molar-refractivity contribution is 8.33. The van der Waals surface area contributed by atoms with Crippen LogP contribution in [0.15, 0.2) is 35.3 Å². The van der Waals surface area contributed by atoms with Gasteiger partial charge in [0, 0.05) is 16.9 Å². The maximum absolute atomic E-state index is 11.8. The predicted octanol–water partition coefficient (Wildman–Crippen LogP) is 5.64. The van der Waals surface area contributed by atoms with Crippen molar-refractivity contribution in [2.45, 2.75) is 32.2 Å². The molecule has 0 spiro atoms. The molecule has 1 saturated heterocycles. The first-order valence-corrected chi connectivity index (χ1v) is 10.9. The van der Waals surface area contributed by atoms with Crippen molar-refractivity contribution < 1.29 is 9.90 Å². The molecule has 1 atom stereocenters. The Labute approximate surface area is 182 Å². The second-order valence-electron chi connectivity index (χ2n) is 7.37. The van der Waals surface area contributed by atoms with Crippen LogP contribution >= 0.6 is 46.9 Å². The van der Waals surface area contributed by atoms with E-state index in [1.807, 2.05) is 37.4 Å². The summed E-state index contributed by atoms with van der Waals surface area (Å²) in [5, 5.41) is 12.8. The van der Waals surface area contributed by atoms with Crippen LogP contribution in [0.3, 0.4) is 0 Å². The lowest BCUT2D eigenvalue weighted by molar-refractivity contribution is 0.0703. The van der Waals surface area contributed by atoms with Crippen LogP contribution in [-0.4, -0.2) is 32.5 Å². The summed E-state index contributed by atoms with van der Waals surface area (Å²) < 4.78 is 0.618. The highest BCUT2D eigenvalue weighted by Crippen LogP contribution is 2.39. The molecule has 0 radical (unpaired) electrons. The number of halogens is 1. The fraction of sp³-hybridized carbons (Fsp3) is 0.316. The van der Waals surface area contributed by atoms with Crippen molar-refractivity contribution in [3.63, 3.8) is 0 Å². The zero-order valence-corrected chi connectivity index (χ0v) is 19.0. The number of hydrazine groups is 1. The molecular weight excluding hydrogens is 434 g/mol. The van der Waals surface area contributed by atoms with Gasteiger partial charge in [-0.1, -0.05) is 56.7 Å². The Balaban J connectivity index is 2.08. The molecule has 2 N–H and O–H groups in total. The molecule has 0 bridgehead atoms. The van der Waals surface area contributed by atoms with Gasteiger partial charge in [0.2, 0.25) is 0 Å². The number of rotatable bonds is 3. The number of carboxylic acids is 1. The lowest BCUT2D eigenvalue weighted by Crippen LogP contribution is -2.47. The third-order valence-corrected chi connectivity index (χ3v) is 7.41. The Morgan fingerprint density at radius 2 is 1.96 bits per heavy atom. The van der Waals surface area contributed by atoms with E-state index in [0.29, 0.717) is 20.1 Å². The maximum Gasteiger partial charge on any atom is 0.348 e. The summed E-state index contributed by atoms with van der Waals surface area (Å²) in [6.45, 7) is 6.16. The molecule has 1 fully saturated rings. The molecule has 0 amide bonds. The molecular formula is C19H20ClN3O2S3. The average Bonchev–Trinajstić information content (AvgIpc) is 3.03. The van der Waals surface area contributed by atoms with E-state index < -0.39 is 5.97 Å². The molecule has 0 saturated carbocycles. The third-order valence-electron chi connectivity index (χ3n) is 4.12. The lowest BCUT2D eigenvalue weighted by atomic mass is 9.94. The number of nitrogens with zero attached hydrogens (tertiary/aromatic N) is 2. The summed E-state index contributed by atoms with van der Waals surface area (Å²) in [4.78, 5) is 17.7. The second-order valence-corrected chi connectivity index (χ2v) is 10.5. The molecule has 1 aliphatic rings. The van der Waals surface area contributed by atoms with Crippen LogP contribution in [0, 0.1) is 0 Å². The van der Waals surface area contributed by atoms with Gasteiger partial charge in [0.25, 0.3) is 0 Å². The molecule has 1 aromatic carbocycles. The third kappa shape index (κ3) is 4.58. The van der Waals surface area contributed by atoms with Crippen LogP contribution in [0.5, 0.6) is 0 Å². The van der Waals surface area contributed by atoms with Crippen LogP contribution in [0.25, 0.3) is 0 Å². The minimum Gasteiger partial charge on any atom is -0.477 e. The van der Waals surface area contributed by atoms with Crippen molar-refractivity contribution in [3.05, 3.63) is 50.7 Å². The monoisotopic (exact) mass is 453 g/mol. The van der Waals surface area contributed by atoms with E-state index in [1.165, 1.54) is 23.1 Å². The zero-order chi connectivity index (χ0) is 20.6. The van der Waals surface area contributed by atoms with Gasteiger partial charge >= 0.3 is 5.97 Å². The molecule has 148 valence electrons. The van der Waals surface area contributed by atoms with Gasteiger partial charge in [0.1, 0.15) is 9.92 Å². The Hall–Kier alpha value is -1.45. The molecule has 28 heavy (non-hydrogen) atoms. The zero-order valence-electron chi connectivity index (χ0n) is 15.8. The molecule has 9 heteroatoms. The van der Waals surface area contributed by atoms with Gasteiger partial charge in [-0.3, -0.25) is 5.01 Å². The van der Waals surface area contributed by atoms with Gasteiger partial charge in [0.15, 0.2) is 4.32 Å². The largest absolute Gasteiger partial charge is 0.477 e. The minimum absolute atomic E-state index is 0.156. The first-order valence-electron chi connectivity index (χ1n) is 8.49. The molecule has 3 rings (SSSR count). The van der Waals surface area contributed by atoms with E-state index in [2.05, 4.69) is 26.2 Å². The number of thiophene rings is 1. The van der Waals surface area contributed by atoms with Gasteiger partial charge in [-0.25, -0.2) is 15.2 Å².